The van der Waals surface area contributed by atoms with Crippen molar-refractivity contribution in [2.75, 3.05) is 13.1 Å². The number of hydrogen-bond acceptors (Lipinski definition) is 5. The highest BCUT2D eigenvalue weighted by Crippen LogP contribution is 2.24. The lowest BCUT2D eigenvalue weighted by Gasteiger charge is -2.32. The van der Waals surface area contributed by atoms with E-state index in [1.165, 1.54) is 35.6 Å². The fourth-order valence-electron chi connectivity index (χ4n) is 3.63. The Labute approximate surface area is 200 Å². The molecule has 0 saturated carbocycles. The summed E-state index contributed by atoms with van der Waals surface area (Å²) in [6, 6.07) is 12.5. The number of benzene rings is 2. The van der Waals surface area contributed by atoms with E-state index in [0.29, 0.717) is 52.8 Å². The molecule has 1 aromatic heterocycles. The highest BCUT2D eigenvalue weighted by atomic mass is 35.5. The number of piperidine rings is 1. The van der Waals surface area contributed by atoms with Gasteiger partial charge in [-0.1, -0.05) is 11.6 Å². The average Bonchev–Trinajstić information content (AvgIpc) is 3.19. The van der Waals surface area contributed by atoms with E-state index in [2.05, 4.69) is 10.3 Å². The van der Waals surface area contributed by atoms with Gasteiger partial charge in [-0.25, -0.2) is 9.37 Å². The van der Waals surface area contributed by atoms with Crippen LogP contribution in [0.3, 0.4) is 0 Å². The van der Waals surface area contributed by atoms with E-state index >= 15 is 0 Å². The molecule has 2 heterocycles. The molecule has 0 bridgehead atoms. The topological polar surface area (TPSA) is 71.5 Å². The van der Waals surface area contributed by atoms with Crippen molar-refractivity contribution in [3.63, 3.8) is 0 Å². The maximum absolute atomic E-state index is 13.0. The largest absolute Gasteiger partial charge is 0.486 e. The summed E-state index contributed by atoms with van der Waals surface area (Å²) in [5.74, 6) is 0.0239. The number of ether oxygens (including phenoxy) is 1. The monoisotopic (exact) mass is 487 g/mol. The highest BCUT2D eigenvalue weighted by molar-refractivity contribution is 7.13. The van der Waals surface area contributed by atoms with Gasteiger partial charge in [-0.3, -0.25) is 9.59 Å². The molecule has 0 aliphatic carbocycles. The van der Waals surface area contributed by atoms with Crippen LogP contribution in [0, 0.1) is 12.7 Å². The van der Waals surface area contributed by atoms with Crippen LogP contribution in [0.5, 0.6) is 5.75 Å². The van der Waals surface area contributed by atoms with Gasteiger partial charge in [0.15, 0.2) is 0 Å². The molecule has 1 fully saturated rings. The van der Waals surface area contributed by atoms with Gasteiger partial charge in [0.05, 0.1) is 5.69 Å². The predicted octanol–water partition coefficient (Wildman–Crippen LogP) is 4.86. The molecule has 0 spiro atoms. The first kappa shape index (κ1) is 23.2. The van der Waals surface area contributed by atoms with Crippen molar-refractivity contribution in [1.82, 2.24) is 15.2 Å². The predicted molar refractivity (Wildman–Crippen MR) is 125 cm³/mol. The zero-order chi connectivity index (χ0) is 23.4. The van der Waals surface area contributed by atoms with Gasteiger partial charge in [-0.2, -0.15) is 0 Å². The Morgan fingerprint density at radius 1 is 1.15 bits per heavy atom. The van der Waals surface area contributed by atoms with Crippen LogP contribution in [-0.2, 0) is 6.61 Å². The minimum Gasteiger partial charge on any atom is -0.486 e. The molecule has 1 N–H and O–H groups in total. The number of likely N-dealkylation sites (tertiary alicyclic amines) is 1. The first-order chi connectivity index (χ1) is 15.9. The highest BCUT2D eigenvalue weighted by Gasteiger charge is 2.27. The number of carbonyl (C=O) groups is 2. The molecule has 9 heteroatoms. The second kappa shape index (κ2) is 10.3. The van der Waals surface area contributed by atoms with E-state index in [1.807, 2.05) is 6.92 Å². The number of aryl methyl sites for hydroxylation is 1. The molecule has 2 aromatic carbocycles. The standard InChI is InChI=1S/C24H23ClFN3O3S/c1-15-22(33-21(27-15)14-32-20-8-4-17(25)5-9-20)24(31)29-12-10-19(11-13-29)28-23(30)16-2-6-18(26)7-3-16/h2-9,19H,10-14H2,1H3,(H,28,30). The Balaban J connectivity index is 1.29. The van der Waals surface area contributed by atoms with E-state index in [1.54, 1.807) is 29.2 Å². The molecule has 0 unspecified atom stereocenters. The van der Waals surface area contributed by atoms with Gasteiger partial charge in [0.1, 0.15) is 28.1 Å². The molecule has 1 saturated heterocycles. The molecule has 0 atom stereocenters. The van der Waals surface area contributed by atoms with Crippen molar-refractivity contribution in [1.29, 1.82) is 0 Å². The fourth-order valence-corrected chi connectivity index (χ4v) is 4.70. The average molecular weight is 488 g/mol. The molecule has 33 heavy (non-hydrogen) atoms. The van der Waals surface area contributed by atoms with Crippen molar-refractivity contribution in [2.24, 2.45) is 0 Å². The SMILES string of the molecule is Cc1nc(COc2ccc(Cl)cc2)sc1C(=O)N1CCC(NC(=O)c2ccc(F)cc2)CC1. The smallest absolute Gasteiger partial charge is 0.265 e. The van der Waals surface area contributed by atoms with Crippen LogP contribution in [0.1, 0.15) is 43.6 Å². The number of carbonyl (C=O) groups excluding carboxylic acids is 2. The van der Waals surface area contributed by atoms with Gasteiger partial charge in [0.2, 0.25) is 0 Å². The Morgan fingerprint density at radius 2 is 1.82 bits per heavy atom. The summed E-state index contributed by atoms with van der Waals surface area (Å²) in [7, 11) is 0. The van der Waals surface area contributed by atoms with Gasteiger partial charge in [-0.15, -0.1) is 11.3 Å². The Hall–Kier alpha value is -2.97. The minimum absolute atomic E-state index is 0.0301. The van der Waals surface area contributed by atoms with Crippen LogP contribution in [0.25, 0.3) is 0 Å². The van der Waals surface area contributed by atoms with Crippen molar-refractivity contribution < 1.29 is 18.7 Å². The Morgan fingerprint density at radius 3 is 2.48 bits per heavy atom. The number of nitrogens with zero attached hydrogens (tertiary/aromatic N) is 2. The summed E-state index contributed by atoms with van der Waals surface area (Å²) >= 11 is 7.23. The number of amides is 2. The first-order valence-corrected chi connectivity index (χ1v) is 11.8. The van der Waals surface area contributed by atoms with Crippen molar-refractivity contribution in [2.45, 2.75) is 32.4 Å². The summed E-state index contributed by atoms with van der Waals surface area (Å²) in [5.41, 5.74) is 1.11. The lowest BCUT2D eigenvalue weighted by molar-refractivity contribution is 0.0702. The number of hydrogen-bond donors (Lipinski definition) is 1. The van der Waals surface area contributed by atoms with Crippen LogP contribution in [-0.4, -0.2) is 40.8 Å². The van der Waals surface area contributed by atoms with E-state index in [9.17, 15) is 14.0 Å². The summed E-state index contributed by atoms with van der Waals surface area (Å²) < 4.78 is 18.8. The third-order valence-corrected chi connectivity index (χ3v) is 6.81. The van der Waals surface area contributed by atoms with E-state index < -0.39 is 0 Å². The summed E-state index contributed by atoms with van der Waals surface area (Å²) in [6.45, 7) is 3.19. The normalized spacial score (nSPS) is 14.2. The van der Waals surface area contributed by atoms with Gasteiger partial charge in [0, 0.05) is 29.7 Å². The van der Waals surface area contributed by atoms with Gasteiger partial charge >= 0.3 is 0 Å². The zero-order valence-electron chi connectivity index (χ0n) is 18.0. The van der Waals surface area contributed by atoms with E-state index in [0.717, 1.165) is 5.01 Å². The van der Waals surface area contributed by atoms with Crippen molar-refractivity contribution in [3.05, 3.63) is 80.5 Å². The van der Waals surface area contributed by atoms with Crippen molar-refractivity contribution >= 4 is 34.8 Å². The van der Waals surface area contributed by atoms with Gasteiger partial charge in [-0.05, 0) is 68.3 Å². The minimum atomic E-state index is -0.378. The molecule has 1 aliphatic heterocycles. The summed E-state index contributed by atoms with van der Waals surface area (Å²) in [5, 5.41) is 4.34. The third kappa shape index (κ3) is 5.89. The molecule has 3 aromatic rings. The van der Waals surface area contributed by atoms with Crippen LogP contribution >= 0.6 is 22.9 Å². The second-order valence-corrected chi connectivity index (χ2v) is 9.33. The first-order valence-electron chi connectivity index (χ1n) is 10.6. The Kier molecular flexibility index (Phi) is 7.25. The van der Waals surface area contributed by atoms with Crippen LogP contribution in [0.4, 0.5) is 4.39 Å². The number of rotatable bonds is 6. The van der Waals surface area contributed by atoms with E-state index in [-0.39, 0.29) is 30.3 Å². The quantitative estimate of drug-likeness (QED) is 0.539. The molecular weight excluding hydrogens is 465 g/mol. The molecule has 172 valence electrons. The maximum atomic E-state index is 13.0. The Bertz CT molecular complexity index is 1130. The lowest BCUT2D eigenvalue weighted by Crippen LogP contribution is -2.46. The lowest BCUT2D eigenvalue weighted by atomic mass is 10.0. The molecular formula is C24H23ClFN3O3S. The molecule has 1 aliphatic rings. The number of nitrogens with one attached hydrogen (secondary N) is 1. The fraction of sp³-hybridized carbons (Fsp3) is 0.292. The van der Waals surface area contributed by atoms with E-state index in [4.69, 9.17) is 16.3 Å². The molecule has 6 nitrogen and oxygen atoms in total. The summed E-state index contributed by atoms with van der Waals surface area (Å²) in [4.78, 5) is 32.3. The molecule has 2 amide bonds. The van der Waals surface area contributed by atoms with Crippen LogP contribution < -0.4 is 10.1 Å². The van der Waals surface area contributed by atoms with Crippen LogP contribution in [0.15, 0.2) is 48.5 Å². The number of aromatic nitrogens is 1. The molecule has 4 rings (SSSR count). The van der Waals surface area contributed by atoms with Crippen molar-refractivity contribution in [3.8, 4) is 5.75 Å². The van der Waals surface area contributed by atoms with Crippen LogP contribution in [0.2, 0.25) is 5.02 Å². The van der Waals surface area contributed by atoms with Gasteiger partial charge in [0.25, 0.3) is 11.8 Å². The summed E-state index contributed by atoms with van der Waals surface area (Å²) in [6.07, 6.45) is 1.31. The third-order valence-electron chi connectivity index (χ3n) is 5.43. The number of thiazole rings is 1. The zero-order valence-corrected chi connectivity index (χ0v) is 19.6. The second-order valence-electron chi connectivity index (χ2n) is 7.81. The van der Waals surface area contributed by atoms with Gasteiger partial charge < -0.3 is 15.0 Å². The molecule has 0 radical (unpaired) electrons. The maximum Gasteiger partial charge on any atom is 0.265 e. The number of halogens is 2.